The molecule has 168 valence electrons. The van der Waals surface area contributed by atoms with Crippen LogP contribution in [-0.2, 0) is 11.3 Å². The van der Waals surface area contributed by atoms with Gasteiger partial charge in [0.2, 0.25) is 0 Å². The van der Waals surface area contributed by atoms with E-state index in [0.29, 0.717) is 23.8 Å². The molecule has 1 atom stereocenters. The van der Waals surface area contributed by atoms with Gasteiger partial charge in [-0.1, -0.05) is 42.0 Å². The molecule has 6 heteroatoms. The Labute approximate surface area is 189 Å². The Morgan fingerprint density at radius 3 is 2.28 bits per heavy atom. The molecular formula is C26H30N2O4. The van der Waals surface area contributed by atoms with Crippen LogP contribution in [0.5, 0.6) is 17.2 Å². The summed E-state index contributed by atoms with van der Waals surface area (Å²) in [7, 11) is 3.21. The highest BCUT2D eigenvalue weighted by Gasteiger charge is 2.15. The van der Waals surface area contributed by atoms with Crippen molar-refractivity contribution in [2.24, 2.45) is 5.73 Å². The molecule has 0 aliphatic heterocycles. The van der Waals surface area contributed by atoms with Gasteiger partial charge in [-0.2, -0.15) is 0 Å². The van der Waals surface area contributed by atoms with Crippen LogP contribution in [0.2, 0.25) is 0 Å². The van der Waals surface area contributed by atoms with Gasteiger partial charge in [0.05, 0.1) is 26.8 Å². The maximum Gasteiger partial charge on any atom is 0.183 e. The van der Waals surface area contributed by atoms with Crippen LogP contribution in [-0.4, -0.2) is 33.2 Å². The minimum atomic E-state index is -0.363. The van der Waals surface area contributed by atoms with E-state index in [0.717, 1.165) is 16.7 Å². The third-order valence-corrected chi connectivity index (χ3v) is 5.19. The number of hydrogen-bond donors (Lipinski definition) is 2. The largest absolute Gasteiger partial charge is 0.497 e. The highest BCUT2D eigenvalue weighted by atomic mass is 16.5. The molecular weight excluding hydrogens is 404 g/mol. The molecule has 0 aromatic heterocycles. The Morgan fingerprint density at radius 1 is 0.938 bits per heavy atom. The Hall–Kier alpha value is -3.35. The Balaban J connectivity index is 1.50. The van der Waals surface area contributed by atoms with Crippen LogP contribution in [0, 0.1) is 6.92 Å². The fourth-order valence-electron chi connectivity index (χ4n) is 3.29. The van der Waals surface area contributed by atoms with Gasteiger partial charge in [0.15, 0.2) is 5.78 Å². The summed E-state index contributed by atoms with van der Waals surface area (Å²) in [5.41, 5.74) is 10.6. The summed E-state index contributed by atoms with van der Waals surface area (Å²) in [6.07, 6.45) is 0. The molecule has 0 aliphatic carbocycles. The van der Waals surface area contributed by atoms with Crippen LogP contribution in [0.15, 0.2) is 66.7 Å². The first-order chi connectivity index (χ1) is 15.5. The monoisotopic (exact) mass is 434 g/mol. The van der Waals surface area contributed by atoms with E-state index in [1.54, 1.807) is 14.2 Å². The minimum Gasteiger partial charge on any atom is -0.497 e. The third-order valence-electron chi connectivity index (χ3n) is 5.19. The van der Waals surface area contributed by atoms with Gasteiger partial charge < -0.3 is 25.3 Å². The zero-order valence-corrected chi connectivity index (χ0v) is 18.8. The first-order valence-electron chi connectivity index (χ1n) is 10.5. The number of rotatable bonds is 11. The summed E-state index contributed by atoms with van der Waals surface area (Å²) in [6, 6.07) is 20.8. The van der Waals surface area contributed by atoms with Crippen LogP contribution in [0.25, 0.3) is 0 Å². The Morgan fingerprint density at radius 2 is 1.62 bits per heavy atom. The highest BCUT2D eigenvalue weighted by molar-refractivity contribution is 5.81. The summed E-state index contributed by atoms with van der Waals surface area (Å²) in [6.45, 7) is 2.97. The molecule has 3 aromatic rings. The summed E-state index contributed by atoms with van der Waals surface area (Å²) >= 11 is 0. The average Bonchev–Trinajstić information content (AvgIpc) is 2.83. The van der Waals surface area contributed by atoms with Crippen molar-refractivity contribution in [2.75, 3.05) is 27.4 Å². The van der Waals surface area contributed by atoms with E-state index in [-0.39, 0.29) is 25.0 Å². The molecule has 0 spiro atoms. The number of carbonyl (C=O) groups excluding carboxylic acids is 1. The quantitative estimate of drug-likeness (QED) is 0.478. The molecule has 0 saturated heterocycles. The number of ether oxygens (including phenoxy) is 3. The van der Waals surface area contributed by atoms with Crippen LogP contribution < -0.4 is 25.3 Å². The van der Waals surface area contributed by atoms with E-state index >= 15 is 0 Å². The van der Waals surface area contributed by atoms with Crippen molar-refractivity contribution in [3.05, 3.63) is 89.0 Å². The maximum absolute atomic E-state index is 12.1. The summed E-state index contributed by atoms with van der Waals surface area (Å²) in [5.74, 6) is 1.98. The van der Waals surface area contributed by atoms with Gasteiger partial charge in [-0.25, -0.2) is 0 Å². The topological polar surface area (TPSA) is 82.8 Å². The summed E-state index contributed by atoms with van der Waals surface area (Å²) < 4.78 is 16.3. The van der Waals surface area contributed by atoms with E-state index in [1.165, 1.54) is 5.56 Å². The van der Waals surface area contributed by atoms with Gasteiger partial charge >= 0.3 is 0 Å². The fraction of sp³-hybridized carbons (Fsp3) is 0.269. The molecule has 3 rings (SSSR count). The van der Waals surface area contributed by atoms with Crippen molar-refractivity contribution in [3.8, 4) is 17.2 Å². The zero-order chi connectivity index (χ0) is 22.9. The van der Waals surface area contributed by atoms with E-state index in [2.05, 4.69) is 29.6 Å². The van der Waals surface area contributed by atoms with Gasteiger partial charge in [-0.15, -0.1) is 0 Å². The van der Waals surface area contributed by atoms with Crippen molar-refractivity contribution in [3.63, 3.8) is 0 Å². The molecule has 0 heterocycles. The average molecular weight is 435 g/mol. The first-order valence-corrected chi connectivity index (χ1v) is 10.5. The van der Waals surface area contributed by atoms with Gasteiger partial charge in [0.1, 0.15) is 23.9 Å². The Bertz CT molecular complexity index is 1020. The number of aryl methyl sites for hydroxylation is 1. The summed E-state index contributed by atoms with van der Waals surface area (Å²) in [5, 5.41) is 3.15. The lowest BCUT2D eigenvalue weighted by molar-refractivity contribution is -0.120. The normalized spacial score (nSPS) is 11.6. The fourth-order valence-corrected chi connectivity index (χ4v) is 3.29. The molecule has 0 radical (unpaired) electrons. The number of Topliss-reactive ketones (excluding diaryl/α,β-unsaturated/α-hetero) is 1. The smallest absolute Gasteiger partial charge is 0.183 e. The SMILES string of the molecule is COc1ccc(C(N)c2ccc(OCC(=O)CNCc3ccc(C)cc3)cc2)c(OC)c1. The number of hydrogen-bond acceptors (Lipinski definition) is 6. The molecule has 0 aliphatic rings. The first kappa shape index (κ1) is 23.3. The second-order valence-corrected chi connectivity index (χ2v) is 7.57. The van der Waals surface area contributed by atoms with Crippen LogP contribution in [0.3, 0.4) is 0 Å². The molecule has 32 heavy (non-hydrogen) atoms. The van der Waals surface area contributed by atoms with Crippen LogP contribution in [0.1, 0.15) is 28.3 Å². The standard InChI is InChI=1S/C26H30N2O4/c1-18-4-6-19(7-5-18)15-28-16-21(29)17-32-22-10-8-20(9-11-22)26(27)24-13-12-23(30-2)14-25(24)31-3/h4-14,26,28H,15-17,27H2,1-3H3. The second kappa shape index (κ2) is 11.3. The van der Waals surface area contributed by atoms with Gasteiger partial charge in [0.25, 0.3) is 0 Å². The minimum absolute atomic E-state index is 0.0125. The molecule has 3 N–H and O–H groups in total. The van der Waals surface area contributed by atoms with Crippen LogP contribution >= 0.6 is 0 Å². The number of ketones is 1. The number of carbonyl (C=O) groups is 1. The predicted molar refractivity (Wildman–Crippen MR) is 125 cm³/mol. The lowest BCUT2D eigenvalue weighted by atomic mass is 9.98. The van der Waals surface area contributed by atoms with E-state index in [4.69, 9.17) is 19.9 Å². The molecule has 0 amide bonds. The lowest BCUT2D eigenvalue weighted by Crippen LogP contribution is -2.26. The molecule has 6 nitrogen and oxygen atoms in total. The zero-order valence-electron chi connectivity index (χ0n) is 18.8. The van der Waals surface area contributed by atoms with Crippen molar-refractivity contribution >= 4 is 5.78 Å². The van der Waals surface area contributed by atoms with Crippen molar-refractivity contribution in [1.82, 2.24) is 5.32 Å². The third kappa shape index (κ3) is 6.33. The molecule has 0 fully saturated rings. The summed E-state index contributed by atoms with van der Waals surface area (Å²) in [4.78, 5) is 12.1. The molecule has 0 saturated carbocycles. The van der Waals surface area contributed by atoms with Crippen molar-refractivity contribution in [1.29, 1.82) is 0 Å². The van der Waals surface area contributed by atoms with Gasteiger partial charge in [0, 0.05) is 18.2 Å². The molecule has 3 aromatic carbocycles. The van der Waals surface area contributed by atoms with E-state index < -0.39 is 0 Å². The Kier molecular flexibility index (Phi) is 8.25. The molecule has 0 bridgehead atoms. The number of benzene rings is 3. The van der Waals surface area contributed by atoms with Gasteiger partial charge in [-0.3, -0.25) is 4.79 Å². The van der Waals surface area contributed by atoms with Crippen molar-refractivity contribution < 1.29 is 19.0 Å². The van der Waals surface area contributed by atoms with E-state index in [1.807, 2.05) is 49.4 Å². The lowest BCUT2D eigenvalue weighted by Gasteiger charge is -2.17. The maximum atomic E-state index is 12.1. The van der Waals surface area contributed by atoms with Crippen LogP contribution in [0.4, 0.5) is 0 Å². The molecule has 1 unspecified atom stereocenters. The van der Waals surface area contributed by atoms with E-state index in [9.17, 15) is 4.79 Å². The predicted octanol–water partition coefficient (Wildman–Crippen LogP) is 3.80. The number of nitrogens with two attached hydrogens (primary N) is 1. The highest BCUT2D eigenvalue weighted by Crippen LogP contribution is 2.32. The number of nitrogens with one attached hydrogen (secondary N) is 1. The number of methoxy groups -OCH3 is 2. The van der Waals surface area contributed by atoms with Gasteiger partial charge in [-0.05, 0) is 42.3 Å². The second-order valence-electron chi connectivity index (χ2n) is 7.57. The van der Waals surface area contributed by atoms with Crippen molar-refractivity contribution in [2.45, 2.75) is 19.5 Å².